The smallest absolute Gasteiger partial charge is 0.279 e. The number of aromatic amines is 1. The van der Waals surface area contributed by atoms with Gasteiger partial charge in [0.2, 0.25) is 0 Å². The van der Waals surface area contributed by atoms with Gasteiger partial charge in [-0.05, 0) is 37.0 Å². The maximum Gasteiger partial charge on any atom is 0.279 e. The second-order valence-electron chi connectivity index (χ2n) is 6.97. The molecule has 2 fully saturated rings. The first kappa shape index (κ1) is 17.2. The van der Waals surface area contributed by atoms with Crippen molar-refractivity contribution in [2.75, 3.05) is 11.9 Å². The van der Waals surface area contributed by atoms with Crippen LogP contribution in [-0.2, 0) is 11.2 Å². The van der Waals surface area contributed by atoms with Gasteiger partial charge >= 0.3 is 0 Å². The molecule has 26 heavy (non-hydrogen) atoms. The van der Waals surface area contributed by atoms with Crippen LogP contribution in [0, 0.1) is 5.82 Å². The molecule has 4 rings (SSSR count). The first-order valence-electron chi connectivity index (χ1n) is 9.18. The third-order valence-corrected chi connectivity index (χ3v) is 5.10. The average Bonchev–Trinajstić information content (AvgIpc) is 3.36. The summed E-state index contributed by atoms with van der Waals surface area (Å²) in [5.41, 5.74) is 1.87. The highest BCUT2D eigenvalue weighted by Gasteiger charge is 2.41. The number of aromatic nitrogens is 2. The number of nitrogens with one attached hydrogen (secondary N) is 3. The van der Waals surface area contributed by atoms with E-state index in [9.17, 15) is 9.18 Å². The van der Waals surface area contributed by atoms with Crippen LogP contribution in [0.5, 0.6) is 0 Å². The summed E-state index contributed by atoms with van der Waals surface area (Å²) < 4.78 is 20.3. The lowest BCUT2D eigenvalue weighted by Crippen LogP contribution is -2.33. The van der Waals surface area contributed by atoms with Crippen LogP contribution >= 0.6 is 0 Å². The van der Waals surface area contributed by atoms with E-state index in [4.69, 9.17) is 4.74 Å². The molecule has 1 aromatic heterocycles. The van der Waals surface area contributed by atoms with Crippen molar-refractivity contribution in [1.29, 1.82) is 0 Å². The van der Waals surface area contributed by atoms with E-state index in [1.165, 1.54) is 0 Å². The number of fused-ring (bicyclic) bond motifs is 2. The molecule has 6 nitrogen and oxygen atoms in total. The molecule has 1 amide bonds. The molecule has 2 aromatic rings. The fourth-order valence-electron chi connectivity index (χ4n) is 3.66. The zero-order chi connectivity index (χ0) is 18.1. The minimum atomic E-state index is -0.561. The molecule has 0 saturated carbocycles. The van der Waals surface area contributed by atoms with E-state index < -0.39 is 11.7 Å². The molecule has 0 radical (unpaired) electrons. The van der Waals surface area contributed by atoms with Gasteiger partial charge in [0, 0.05) is 18.3 Å². The quantitative estimate of drug-likeness (QED) is 0.742. The fourth-order valence-corrected chi connectivity index (χ4v) is 3.66. The van der Waals surface area contributed by atoms with Gasteiger partial charge in [0.1, 0.15) is 0 Å². The van der Waals surface area contributed by atoms with E-state index in [2.05, 4.69) is 20.8 Å². The Balaban J connectivity index is 1.41. The van der Waals surface area contributed by atoms with Gasteiger partial charge in [0.25, 0.3) is 5.91 Å². The van der Waals surface area contributed by atoms with Crippen LogP contribution in [0.2, 0.25) is 0 Å². The van der Waals surface area contributed by atoms with Crippen molar-refractivity contribution in [3.8, 4) is 0 Å². The maximum atomic E-state index is 14.3. The monoisotopic (exact) mass is 358 g/mol. The molecular weight excluding hydrogens is 335 g/mol. The van der Waals surface area contributed by atoms with E-state index >= 15 is 0 Å². The van der Waals surface area contributed by atoms with E-state index in [1.54, 1.807) is 0 Å². The number of carbonyl (C=O) groups excluding carboxylic acids is 1. The largest absolute Gasteiger partial charge is 0.367 e. The molecule has 0 unspecified atom stereocenters. The van der Waals surface area contributed by atoms with Crippen molar-refractivity contribution in [2.24, 2.45) is 0 Å². The number of benzene rings is 1. The molecule has 3 N–H and O–H groups in total. The molecule has 2 aliphatic heterocycles. The van der Waals surface area contributed by atoms with Gasteiger partial charge in [0.05, 0.1) is 17.9 Å². The molecule has 2 aliphatic rings. The average molecular weight is 358 g/mol. The first-order chi connectivity index (χ1) is 12.7. The number of unbranched alkanes of at least 4 members (excludes halogenated alkanes) is 1. The van der Waals surface area contributed by atoms with Crippen LogP contribution in [0.3, 0.4) is 0 Å². The zero-order valence-electron chi connectivity index (χ0n) is 14.7. The Bertz CT molecular complexity index is 789. The summed E-state index contributed by atoms with van der Waals surface area (Å²) in [6, 6.07) is 7.86. The van der Waals surface area contributed by atoms with Gasteiger partial charge in [-0.15, -0.1) is 0 Å². The van der Waals surface area contributed by atoms with Crippen LogP contribution in [0.15, 0.2) is 24.3 Å². The SMILES string of the molecule is CCCCc1[nH]nc(C(=O)Nc2ccc([C@@H]3O[C@H]4CN[C@@H]3C4)cc2)c1F. The Labute approximate surface area is 151 Å². The Morgan fingerprint density at radius 2 is 2.19 bits per heavy atom. The molecule has 138 valence electrons. The number of H-pyrrole nitrogens is 1. The number of morpholine rings is 1. The lowest BCUT2D eigenvalue weighted by Gasteiger charge is -2.23. The molecule has 0 spiro atoms. The minimum Gasteiger partial charge on any atom is -0.367 e. The summed E-state index contributed by atoms with van der Waals surface area (Å²) in [5, 5.41) is 12.6. The number of aryl methyl sites for hydroxylation is 1. The third kappa shape index (κ3) is 3.24. The molecule has 3 heterocycles. The second kappa shape index (κ2) is 7.17. The lowest BCUT2D eigenvalue weighted by molar-refractivity contribution is 0.0160. The fraction of sp³-hybridized carbons (Fsp3) is 0.474. The Kier molecular flexibility index (Phi) is 4.74. The molecule has 2 bridgehead atoms. The number of hydrogen-bond acceptors (Lipinski definition) is 4. The van der Waals surface area contributed by atoms with Gasteiger partial charge in [-0.2, -0.15) is 5.10 Å². The summed E-state index contributed by atoms with van der Waals surface area (Å²) >= 11 is 0. The van der Waals surface area contributed by atoms with Crippen LogP contribution in [-0.4, -0.2) is 34.8 Å². The number of nitrogens with zero attached hydrogens (tertiary/aromatic N) is 1. The predicted molar refractivity (Wildman–Crippen MR) is 95.6 cm³/mol. The van der Waals surface area contributed by atoms with Crippen molar-refractivity contribution >= 4 is 11.6 Å². The molecule has 3 atom stereocenters. The van der Waals surface area contributed by atoms with E-state index in [-0.39, 0.29) is 11.8 Å². The van der Waals surface area contributed by atoms with Crippen molar-refractivity contribution in [1.82, 2.24) is 15.5 Å². The molecular formula is C19H23FN4O2. The summed E-state index contributed by atoms with van der Waals surface area (Å²) in [6.07, 6.45) is 3.75. The van der Waals surface area contributed by atoms with Gasteiger partial charge in [-0.1, -0.05) is 25.5 Å². The number of rotatable bonds is 6. The Morgan fingerprint density at radius 1 is 1.38 bits per heavy atom. The van der Waals surface area contributed by atoms with Crippen molar-refractivity contribution in [2.45, 2.75) is 50.9 Å². The van der Waals surface area contributed by atoms with Crippen LogP contribution in [0.25, 0.3) is 0 Å². The van der Waals surface area contributed by atoms with E-state index in [1.807, 2.05) is 31.2 Å². The molecule has 1 aromatic carbocycles. The third-order valence-electron chi connectivity index (χ3n) is 5.10. The van der Waals surface area contributed by atoms with E-state index in [0.29, 0.717) is 29.9 Å². The van der Waals surface area contributed by atoms with Crippen LogP contribution in [0.1, 0.15) is 54.0 Å². The highest BCUT2D eigenvalue weighted by molar-refractivity contribution is 6.03. The summed E-state index contributed by atoms with van der Waals surface area (Å²) in [7, 11) is 0. The summed E-state index contributed by atoms with van der Waals surface area (Å²) in [4.78, 5) is 12.3. The predicted octanol–water partition coefficient (Wildman–Crippen LogP) is 2.95. The van der Waals surface area contributed by atoms with Crippen molar-refractivity contribution in [3.63, 3.8) is 0 Å². The number of halogens is 1. The number of hydrogen-bond donors (Lipinski definition) is 3. The molecule has 0 aliphatic carbocycles. The number of amides is 1. The summed E-state index contributed by atoms with van der Waals surface area (Å²) in [5.74, 6) is -1.11. The number of anilines is 1. The first-order valence-corrected chi connectivity index (χ1v) is 9.18. The Hall–Kier alpha value is -2.25. The van der Waals surface area contributed by atoms with Crippen LogP contribution in [0.4, 0.5) is 10.1 Å². The lowest BCUT2D eigenvalue weighted by atomic mass is 10.0. The second-order valence-corrected chi connectivity index (χ2v) is 6.97. The normalized spacial score (nSPS) is 24.2. The number of carbonyl (C=O) groups is 1. The van der Waals surface area contributed by atoms with Crippen molar-refractivity contribution in [3.05, 3.63) is 47.0 Å². The molecule has 7 heteroatoms. The van der Waals surface area contributed by atoms with E-state index in [0.717, 1.165) is 31.4 Å². The minimum absolute atomic E-state index is 0.0587. The number of ether oxygens (including phenoxy) is 1. The van der Waals surface area contributed by atoms with Gasteiger partial charge in [-0.25, -0.2) is 4.39 Å². The zero-order valence-corrected chi connectivity index (χ0v) is 14.7. The van der Waals surface area contributed by atoms with Gasteiger partial charge in [0.15, 0.2) is 11.5 Å². The van der Waals surface area contributed by atoms with Gasteiger partial charge < -0.3 is 15.4 Å². The summed E-state index contributed by atoms with van der Waals surface area (Å²) in [6.45, 7) is 2.95. The molecule has 2 saturated heterocycles. The van der Waals surface area contributed by atoms with Gasteiger partial charge in [-0.3, -0.25) is 9.89 Å². The Morgan fingerprint density at radius 3 is 2.85 bits per heavy atom. The highest BCUT2D eigenvalue weighted by atomic mass is 19.1. The highest BCUT2D eigenvalue weighted by Crippen LogP contribution is 2.37. The maximum absolute atomic E-state index is 14.3. The standard InChI is InChI=1S/C19H23FN4O2/c1-2-3-4-14-16(20)17(24-23-14)19(25)22-12-7-5-11(6-8-12)18-15-9-13(26-18)10-21-15/h5-8,13,15,18,21H,2-4,9-10H2,1H3,(H,22,25)(H,23,24)/t13-,15-,18+/m1/s1. The topological polar surface area (TPSA) is 79.0 Å². The van der Waals surface area contributed by atoms with Crippen LogP contribution < -0.4 is 10.6 Å². The van der Waals surface area contributed by atoms with Crippen molar-refractivity contribution < 1.29 is 13.9 Å².